The van der Waals surface area contributed by atoms with Crippen LogP contribution in [-0.2, 0) is 6.42 Å². The van der Waals surface area contributed by atoms with Crippen LogP contribution in [0.3, 0.4) is 0 Å². The second-order valence-corrected chi connectivity index (χ2v) is 9.26. The summed E-state index contributed by atoms with van der Waals surface area (Å²) >= 11 is 12.7. The number of aromatic nitrogens is 2. The molecule has 2 aliphatic rings. The Bertz CT molecular complexity index is 1300. The number of carbonyl (C=O) groups excluding carboxylic acids is 1. The lowest BCUT2D eigenvalue weighted by Gasteiger charge is -2.23. The Kier molecular flexibility index (Phi) is 6.44. The molecule has 0 fully saturated rings. The molecule has 1 aliphatic carbocycles. The predicted molar refractivity (Wildman–Crippen MR) is 133 cm³/mol. The van der Waals surface area contributed by atoms with Crippen molar-refractivity contribution in [2.24, 2.45) is 0 Å². The first-order valence-corrected chi connectivity index (χ1v) is 12.0. The van der Waals surface area contributed by atoms with Gasteiger partial charge in [0.05, 0.1) is 16.4 Å². The van der Waals surface area contributed by atoms with Gasteiger partial charge in [-0.15, -0.1) is 0 Å². The van der Waals surface area contributed by atoms with E-state index in [4.69, 9.17) is 28.3 Å². The molecule has 1 amide bonds. The van der Waals surface area contributed by atoms with Crippen LogP contribution in [0.2, 0.25) is 10.0 Å². The fraction of sp³-hybridized carbons (Fsp3) is 0.231. The van der Waals surface area contributed by atoms with Gasteiger partial charge in [0.25, 0.3) is 5.91 Å². The second-order valence-electron chi connectivity index (χ2n) is 8.42. The summed E-state index contributed by atoms with van der Waals surface area (Å²) in [5.74, 6) is -0.537. The maximum atomic E-state index is 13.4. The normalized spacial score (nSPS) is 16.6. The molecule has 0 spiro atoms. The van der Waals surface area contributed by atoms with Crippen LogP contribution in [0.1, 0.15) is 53.0 Å². The molecule has 2 heterocycles. The van der Waals surface area contributed by atoms with Gasteiger partial charge in [-0.05, 0) is 79.6 Å². The number of halogens is 3. The maximum Gasteiger partial charge on any atom is 0.290 e. The highest BCUT2D eigenvalue weighted by atomic mass is 35.5. The molecule has 0 unspecified atom stereocenters. The highest BCUT2D eigenvalue weighted by Crippen LogP contribution is 2.37. The van der Waals surface area contributed by atoms with Crippen molar-refractivity contribution >= 4 is 40.8 Å². The monoisotopic (exact) mass is 496 g/mol. The molecule has 5 rings (SSSR count). The van der Waals surface area contributed by atoms with Gasteiger partial charge in [0, 0.05) is 23.3 Å². The average molecular weight is 497 g/mol. The first-order chi connectivity index (χ1) is 16.5. The second kappa shape index (κ2) is 9.65. The molecule has 0 saturated carbocycles. The van der Waals surface area contributed by atoms with Gasteiger partial charge in [-0.1, -0.05) is 41.4 Å². The molecule has 1 aromatic heterocycles. The van der Waals surface area contributed by atoms with Crippen molar-refractivity contribution in [3.05, 3.63) is 93.1 Å². The van der Waals surface area contributed by atoms with Crippen molar-refractivity contribution in [2.75, 3.05) is 6.54 Å². The van der Waals surface area contributed by atoms with Crippen LogP contribution in [0.5, 0.6) is 0 Å². The molecule has 1 aliphatic heterocycles. The third kappa shape index (κ3) is 4.61. The Morgan fingerprint density at radius 2 is 1.91 bits per heavy atom. The number of carbonyl (C=O) groups is 1. The summed E-state index contributed by atoms with van der Waals surface area (Å²) in [6.07, 6.45) is 10.3. The van der Waals surface area contributed by atoms with E-state index >= 15 is 0 Å². The number of hydrazine groups is 1. The SMILES string of the molecule is O=C(NN1C=CCCC1)c1nn(-c2ccc(Cl)cc2Cl)c2c1CCC/C2=C\c1ccc(F)cc1. The number of amides is 1. The lowest BCUT2D eigenvalue weighted by Crippen LogP contribution is -2.40. The third-order valence-corrected chi connectivity index (χ3v) is 6.56. The van der Waals surface area contributed by atoms with Crippen LogP contribution in [-0.4, -0.2) is 27.2 Å². The number of hydrogen-bond donors (Lipinski definition) is 1. The fourth-order valence-corrected chi connectivity index (χ4v) is 4.92. The van der Waals surface area contributed by atoms with E-state index in [0.29, 0.717) is 21.4 Å². The summed E-state index contributed by atoms with van der Waals surface area (Å²) in [5, 5.41) is 7.51. The van der Waals surface area contributed by atoms with E-state index in [1.54, 1.807) is 40.0 Å². The Hall–Kier alpha value is -3.09. The molecule has 174 valence electrons. The smallest absolute Gasteiger partial charge is 0.290 e. The lowest BCUT2D eigenvalue weighted by atomic mass is 9.89. The lowest BCUT2D eigenvalue weighted by molar-refractivity contribution is 0.0839. The molecule has 34 heavy (non-hydrogen) atoms. The number of nitrogens with zero attached hydrogens (tertiary/aromatic N) is 3. The van der Waals surface area contributed by atoms with Crippen molar-refractivity contribution in [3.63, 3.8) is 0 Å². The van der Waals surface area contributed by atoms with Gasteiger partial charge < -0.3 is 0 Å². The average Bonchev–Trinajstić information content (AvgIpc) is 3.22. The van der Waals surface area contributed by atoms with Crippen molar-refractivity contribution in [1.29, 1.82) is 0 Å². The zero-order valence-electron chi connectivity index (χ0n) is 18.4. The van der Waals surface area contributed by atoms with E-state index in [-0.39, 0.29) is 11.7 Å². The van der Waals surface area contributed by atoms with Crippen LogP contribution in [0.15, 0.2) is 54.7 Å². The number of hydrogen-bond acceptors (Lipinski definition) is 3. The fourth-order valence-electron chi connectivity index (χ4n) is 4.43. The Balaban J connectivity index is 1.63. The highest BCUT2D eigenvalue weighted by Gasteiger charge is 2.29. The molecule has 2 aromatic carbocycles. The van der Waals surface area contributed by atoms with Crippen LogP contribution in [0.25, 0.3) is 17.3 Å². The van der Waals surface area contributed by atoms with Crippen molar-refractivity contribution in [1.82, 2.24) is 20.2 Å². The highest BCUT2D eigenvalue weighted by molar-refractivity contribution is 6.35. The molecular formula is C26H23Cl2FN4O. The van der Waals surface area contributed by atoms with Gasteiger partial charge >= 0.3 is 0 Å². The van der Waals surface area contributed by atoms with E-state index in [1.165, 1.54) is 12.1 Å². The standard InChI is InChI=1S/C26H23Cl2FN4O/c27-19-9-12-23(22(28)16-19)33-25-18(15-17-7-10-20(29)11-8-17)5-4-6-21(25)24(30-33)26(34)31-32-13-2-1-3-14-32/h2,7-13,15-16H,1,3-6,14H2,(H,31,34)/b18-15+. The number of allylic oxidation sites excluding steroid dienone is 2. The third-order valence-electron chi connectivity index (χ3n) is 6.02. The molecule has 0 bridgehead atoms. The summed E-state index contributed by atoms with van der Waals surface area (Å²) in [4.78, 5) is 13.3. The van der Waals surface area contributed by atoms with E-state index in [0.717, 1.165) is 61.0 Å². The maximum absolute atomic E-state index is 13.4. The molecular weight excluding hydrogens is 474 g/mol. The first kappa shape index (κ1) is 22.7. The van der Waals surface area contributed by atoms with Gasteiger partial charge in [-0.25, -0.2) is 9.07 Å². The minimum Gasteiger partial charge on any atom is -0.293 e. The van der Waals surface area contributed by atoms with E-state index in [2.05, 4.69) is 5.43 Å². The quantitative estimate of drug-likeness (QED) is 0.451. The zero-order chi connectivity index (χ0) is 23.7. The van der Waals surface area contributed by atoms with Gasteiger partial charge in [0.1, 0.15) is 5.82 Å². The molecule has 0 saturated heterocycles. The van der Waals surface area contributed by atoms with Crippen LogP contribution in [0, 0.1) is 5.82 Å². The predicted octanol–water partition coefficient (Wildman–Crippen LogP) is 6.45. The van der Waals surface area contributed by atoms with Gasteiger partial charge in [-0.3, -0.25) is 15.2 Å². The zero-order valence-corrected chi connectivity index (χ0v) is 19.9. The first-order valence-electron chi connectivity index (χ1n) is 11.3. The minimum absolute atomic E-state index is 0.255. The molecule has 1 N–H and O–H groups in total. The van der Waals surface area contributed by atoms with Crippen molar-refractivity contribution < 1.29 is 9.18 Å². The van der Waals surface area contributed by atoms with Crippen LogP contribution < -0.4 is 5.43 Å². The molecule has 8 heteroatoms. The van der Waals surface area contributed by atoms with Gasteiger partial charge in [-0.2, -0.15) is 5.10 Å². The summed E-state index contributed by atoms with van der Waals surface area (Å²) in [7, 11) is 0. The largest absolute Gasteiger partial charge is 0.293 e. The van der Waals surface area contributed by atoms with E-state index < -0.39 is 0 Å². The topological polar surface area (TPSA) is 50.2 Å². The Morgan fingerprint density at radius 1 is 1.09 bits per heavy atom. The number of fused-ring (bicyclic) bond motifs is 1. The summed E-state index contributed by atoms with van der Waals surface area (Å²) in [5.41, 5.74) is 7.61. The molecule has 5 nitrogen and oxygen atoms in total. The summed E-state index contributed by atoms with van der Waals surface area (Å²) < 4.78 is 15.2. The number of benzene rings is 2. The molecule has 0 radical (unpaired) electrons. The van der Waals surface area contributed by atoms with Crippen molar-refractivity contribution in [2.45, 2.75) is 32.1 Å². The molecule has 0 atom stereocenters. The van der Waals surface area contributed by atoms with E-state index in [1.807, 2.05) is 18.4 Å². The molecule has 3 aromatic rings. The van der Waals surface area contributed by atoms with Crippen molar-refractivity contribution in [3.8, 4) is 5.69 Å². The van der Waals surface area contributed by atoms with Gasteiger partial charge in [0.15, 0.2) is 5.69 Å². The Labute approximate surface area is 207 Å². The van der Waals surface area contributed by atoms with E-state index in [9.17, 15) is 9.18 Å². The van der Waals surface area contributed by atoms with Gasteiger partial charge in [0.2, 0.25) is 0 Å². The minimum atomic E-state index is -0.282. The van der Waals surface area contributed by atoms with Crippen LogP contribution >= 0.6 is 23.2 Å². The number of nitrogens with one attached hydrogen (secondary N) is 1. The van der Waals surface area contributed by atoms with Crippen LogP contribution in [0.4, 0.5) is 4.39 Å². The summed E-state index contributed by atoms with van der Waals surface area (Å²) in [6, 6.07) is 11.6. The Morgan fingerprint density at radius 3 is 2.65 bits per heavy atom. The summed E-state index contributed by atoms with van der Waals surface area (Å²) in [6.45, 7) is 0.754. The number of rotatable bonds is 4.